The number of rotatable bonds is 2. The van der Waals surface area contributed by atoms with Gasteiger partial charge in [-0.15, -0.1) is 0 Å². The van der Waals surface area contributed by atoms with E-state index >= 15 is 0 Å². The Hall–Kier alpha value is -1.92. The standard InChI is InChI=1S/C6H7N4O3/c1-4(9-13)2-10-3-7-8-5(11)6(10)12/h13H,2H2,1H3,(H,8,11). The zero-order chi connectivity index (χ0) is 9.84. The summed E-state index contributed by atoms with van der Waals surface area (Å²) < 4.78 is 0.924. The fourth-order valence-electron chi connectivity index (χ4n) is 0.720. The number of hydrogen-bond donors (Lipinski definition) is 2. The number of hydrogen-bond acceptors (Lipinski definition) is 5. The second kappa shape index (κ2) is 3.65. The first kappa shape index (κ1) is 9.17. The van der Waals surface area contributed by atoms with Crippen LogP contribution in [-0.4, -0.2) is 25.7 Å². The zero-order valence-corrected chi connectivity index (χ0v) is 6.81. The molecule has 2 N–H and O–H groups in total. The molecule has 0 spiro atoms. The first-order valence-electron chi connectivity index (χ1n) is 3.40. The molecule has 7 nitrogen and oxygen atoms in total. The highest BCUT2D eigenvalue weighted by atomic mass is 16.4. The predicted octanol–water partition coefficient (Wildman–Crippen LogP) is -1.42. The summed E-state index contributed by atoms with van der Waals surface area (Å²) in [4.78, 5) is 21.8. The number of aromatic nitrogens is 3. The SMILES string of the molecule is CC(Cn1[c]n[nH]c(=O)c1=O)=NO. The predicted molar refractivity (Wildman–Crippen MR) is 42.8 cm³/mol. The van der Waals surface area contributed by atoms with Gasteiger partial charge in [-0.3, -0.25) is 14.2 Å². The molecule has 1 aromatic heterocycles. The third kappa shape index (κ3) is 2.01. The lowest BCUT2D eigenvalue weighted by Crippen LogP contribution is -2.38. The Labute approximate surface area is 72.3 Å². The van der Waals surface area contributed by atoms with E-state index < -0.39 is 11.1 Å². The molecule has 0 saturated heterocycles. The van der Waals surface area contributed by atoms with E-state index in [2.05, 4.69) is 16.6 Å². The van der Waals surface area contributed by atoms with Gasteiger partial charge in [-0.05, 0) is 6.92 Å². The lowest BCUT2D eigenvalue weighted by atomic mass is 10.4. The van der Waals surface area contributed by atoms with Gasteiger partial charge in [0.1, 0.15) is 0 Å². The number of nitrogens with zero attached hydrogens (tertiary/aromatic N) is 3. The van der Waals surface area contributed by atoms with E-state index in [1.165, 1.54) is 6.92 Å². The number of oxime groups is 1. The van der Waals surface area contributed by atoms with Crippen molar-refractivity contribution in [3.05, 3.63) is 27.0 Å². The van der Waals surface area contributed by atoms with Crippen LogP contribution in [0, 0.1) is 6.33 Å². The molecule has 0 aliphatic heterocycles. The molecule has 0 amide bonds. The van der Waals surface area contributed by atoms with Crippen molar-refractivity contribution in [1.82, 2.24) is 14.8 Å². The van der Waals surface area contributed by atoms with Gasteiger partial charge < -0.3 is 5.21 Å². The molecule has 1 radical (unpaired) electrons. The molecule has 69 valence electrons. The Morgan fingerprint density at radius 2 is 2.46 bits per heavy atom. The minimum absolute atomic E-state index is 0.00769. The van der Waals surface area contributed by atoms with Gasteiger partial charge in [0.15, 0.2) is 0 Å². The van der Waals surface area contributed by atoms with Crippen molar-refractivity contribution >= 4 is 5.71 Å². The first-order chi connectivity index (χ1) is 6.15. The molecule has 0 unspecified atom stereocenters. The van der Waals surface area contributed by atoms with Crippen LogP contribution in [0.25, 0.3) is 0 Å². The van der Waals surface area contributed by atoms with Crippen LogP contribution in [0.5, 0.6) is 0 Å². The van der Waals surface area contributed by atoms with E-state index in [-0.39, 0.29) is 12.3 Å². The molecule has 7 heteroatoms. The normalized spacial score (nSPS) is 11.6. The number of H-pyrrole nitrogens is 1. The summed E-state index contributed by atoms with van der Waals surface area (Å²) in [5.41, 5.74) is -1.33. The smallest absolute Gasteiger partial charge is 0.330 e. The maximum Gasteiger partial charge on any atom is 0.330 e. The van der Waals surface area contributed by atoms with Crippen molar-refractivity contribution in [2.45, 2.75) is 13.5 Å². The molecular formula is C6H7N4O3. The Kier molecular flexibility index (Phi) is 2.58. The Balaban J connectivity index is 3.10. The highest BCUT2D eigenvalue weighted by molar-refractivity contribution is 5.80. The molecule has 0 saturated carbocycles. The highest BCUT2D eigenvalue weighted by Gasteiger charge is 2.01. The largest absolute Gasteiger partial charge is 0.411 e. The molecule has 1 heterocycles. The second-order valence-electron chi connectivity index (χ2n) is 2.38. The van der Waals surface area contributed by atoms with E-state index in [1.807, 2.05) is 5.10 Å². The molecule has 0 fully saturated rings. The van der Waals surface area contributed by atoms with E-state index in [4.69, 9.17) is 5.21 Å². The molecule has 0 bridgehead atoms. The van der Waals surface area contributed by atoms with Crippen LogP contribution >= 0.6 is 0 Å². The molecule has 0 aliphatic carbocycles. The van der Waals surface area contributed by atoms with Crippen molar-refractivity contribution in [3.63, 3.8) is 0 Å². The van der Waals surface area contributed by atoms with Crippen molar-refractivity contribution in [2.75, 3.05) is 0 Å². The summed E-state index contributed by atoms with van der Waals surface area (Å²) in [5, 5.41) is 16.4. The average molecular weight is 183 g/mol. The quantitative estimate of drug-likeness (QED) is 0.254. The van der Waals surface area contributed by atoms with Gasteiger partial charge >= 0.3 is 11.1 Å². The maximum absolute atomic E-state index is 11.0. The molecule has 13 heavy (non-hydrogen) atoms. The lowest BCUT2D eigenvalue weighted by molar-refractivity contribution is 0.316. The number of aromatic amines is 1. The first-order valence-corrected chi connectivity index (χ1v) is 3.40. The summed E-state index contributed by atoms with van der Waals surface area (Å²) in [6.45, 7) is 1.49. The molecule has 1 aromatic rings. The van der Waals surface area contributed by atoms with Crippen LogP contribution in [0.2, 0.25) is 0 Å². The second-order valence-corrected chi connectivity index (χ2v) is 2.38. The van der Waals surface area contributed by atoms with Gasteiger partial charge in [-0.2, -0.15) is 5.10 Å². The molecular weight excluding hydrogens is 176 g/mol. The van der Waals surface area contributed by atoms with E-state index in [1.54, 1.807) is 0 Å². The topological polar surface area (TPSA) is 100 Å². The third-order valence-corrected chi connectivity index (χ3v) is 1.33. The van der Waals surface area contributed by atoms with E-state index in [0.717, 1.165) is 4.57 Å². The monoisotopic (exact) mass is 183 g/mol. The van der Waals surface area contributed by atoms with Crippen LogP contribution in [-0.2, 0) is 6.54 Å². The van der Waals surface area contributed by atoms with Crippen molar-refractivity contribution < 1.29 is 5.21 Å². The maximum atomic E-state index is 11.0. The summed E-state index contributed by atoms with van der Waals surface area (Å²) >= 11 is 0. The van der Waals surface area contributed by atoms with Gasteiger partial charge in [0, 0.05) is 0 Å². The molecule has 0 atom stereocenters. The third-order valence-electron chi connectivity index (χ3n) is 1.33. The highest BCUT2D eigenvalue weighted by Crippen LogP contribution is 1.78. The van der Waals surface area contributed by atoms with Crippen molar-refractivity contribution in [3.8, 4) is 0 Å². The van der Waals surface area contributed by atoms with Gasteiger partial charge in [0.05, 0.1) is 12.3 Å². The van der Waals surface area contributed by atoms with Crippen LogP contribution in [0.4, 0.5) is 0 Å². The van der Waals surface area contributed by atoms with Gasteiger partial charge in [-0.1, -0.05) is 5.16 Å². The van der Waals surface area contributed by atoms with Crippen LogP contribution in [0.15, 0.2) is 14.7 Å². The minimum Gasteiger partial charge on any atom is -0.411 e. The van der Waals surface area contributed by atoms with Crippen LogP contribution in [0.3, 0.4) is 0 Å². The fraction of sp³-hybridized carbons (Fsp3) is 0.333. The average Bonchev–Trinajstić information content (AvgIpc) is 2.13. The van der Waals surface area contributed by atoms with Crippen molar-refractivity contribution in [1.29, 1.82) is 0 Å². The Morgan fingerprint density at radius 1 is 1.77 bits per heavy atom. The van der Waals surface area contributed by atoms with Gasteiger partial charge in [0.25, 0.3) is 0 Å². The molecule has 1 rings (SSSR count). The Morgan fingerprint density at radius 3 is 3.08 bits per heavy atom. The minimum atomic E-state index is -0.829. The Bertz CT molecular complexity index is 430. The summed E-state index contributed by atoms with van der Waals surface area (Å²) in [7, 11) is 0. The van der Waals surface area contributed by atoms with Crippen LogP contribution < -0.4 is 11.1 Å². The lowest BCUT2D eigenvalue weighted by Gasteiger charge is -1.99. The van der Waals surface area contributed by atoms with E-state index in [9.17, 15) is 9.59 Å². The molecule has 0 aromatic carbocycles. The van der Waals surface area contributed by atoms with Crippen LogP contribution in [0.1, 0.15) is 6.92 Å². The van der Waals surface area contributed by atoms with Gasteiger partial charge in [0.2, 0.25) is 6.33 Å². The summed E-state index contributed by atoms with van der Waals surface area (Å²) in [5.74, 6) is 0. The van der Waals surface area contributed by atoms with Gasteiger partial charge in [-0.25, -0.2) is 5.10 Å². The summed E-state index contributed by atoms with van der Waals surface area (Å²) in [6, 6.07) is 0. The van der Waals surface area contributed by atoms with E-state index in [0.29, 0.717) is 0 Å². The fourth-order valence-corrected chi connectivity index (χ4v) is 0.720. The number of nitrogens with one attached hydrogen (secondary N) is 1. The van der Waals surface area contributed by atoms with Crippen molar-refractivity contribution in [2.24, 2.45) is 5.16 Å². The molecule has 0 aliphatic rings. The summed E-state index contributed by atoms with van der Waals surface area (Å²) in [6.07, 6.45) is 2.25. The zero-order valence-electron chi connectivity index (χ0n) is 6.81.